The molecule has 0 aliphatic heterocycles. The first-order chi connectivity index (χ1) is 8.65. The highest BCUT2D eigenvalue weighted by molar-refractivity contribution is 5.68. The largest absolute Gasteiger partial charge is 0.302 e. The van der Waals surface area contributed by atoms with Crippen LogP contribution in [0.5, 0.6) is 0 Å². The molecule has 2 rings (SSSR count). The van der Waals surface area contributed by atoms with Crippen molar-refractivity contribution in [3.8, 4) is 0 Å². The highest BCUT2D eigenvalue weighted by atomic mass is 19.1. The average Bonchev–Trinajstić information content (AvgIpc) is 2.40. The number of rotatable bonds is 4. The Hall–Kier alpha value is -1.96. The van der Waals surface area contributed by atoms with E-state index in [4.69, 9.17) is 0 Å². The van der Waals surface area contributed by atoms with Gasteiger partial charge in [-0.15, -0.1) is 0 Å². The van der Waals surface area contributed by atoms with Crippen molar-refractivity contribution in [2.24, 2.45) is 0 Å². The van der Waals surface area contributed by atoms with Crippen LogP contribution in [-0.4, -0.2) is 6.29 Å². The van der Waals surface area contributed by atoms with Gasteiger partial charge in [-0.2, -0.15) is 0 Å². The molecule has 92 valence electrons. The standard InChI is InChI=1S/C16H15FO/c1-16(12-18,11-13-7-3-2-4-8-13)14-9-5-6-10-15(14)17/h2-10,12H,11H2,1H3. The van der Waals surface area contributed by atoms with Crippen molar-refractivity contribution in [1.82, 2.24) is 0 Å². The van der Waals surface area contributed by atoms with Gasteiger partial charge in [-0.05, 0) is 25.0 Å². The summed E-state index contributed by atoms with van der Waals surface area (Å²) in [5.74, 6) is -0.331. The molecule has 0 heterocycles. The number of carbonyl (C=O) groups is 1. The van der Waals surface area contributed by atoms with Crippen LogP contribution in [0.4, 0.5) is 4.39 Å². The van der Waals surface area contributed by atoms with Crippen molar-refractivity contribution >= 4 is 6.29 Å². The fourth-order valence-corrected chi connectivity index (χ4v) is 2.14. The first-order valence-electron chi connectivity index (χ1n) is 5.91. The summed E-state index contributed by atoms with van der Waals surface area (Å²) in [7, 11) is 0. The first kappa shape index (κ1) is 12.5. The van der Waals surface area contributed by atoms with Gasteiger partial charge in [-0.25, -0.2) is 4.39 Å². The third-order valence-electron chi connectivity index (χ3n) is 3.16. The third-order valence-corrected chi connectivity index (χ3v) is 3.16. The Morgan fingerprint density at radius 3 is 2.28 bits per heavy atom. The molecule has 2 aromatic carbocycles. The maximum atomic E-state index is 13.8. The van der Waals surface area contributed by atoms with Crippen LogP contribution in [0.2, 0.25) is 0 Å². The molecule has 0 aliphatic rings. The lowest BCUT2D eigenvalue weighted by molar-refractivity contribution is -0.112. The Kier molecular flexibility index (Phi) is 3.56. The molecule has 0 saturated heterocycles. The van der Waals surface area contributed by atoms with E-state index < -0.39 is 5.41 Å². The minimum Gasteiger partial charge on any atom is -0.302 e. The quantitative estimate of drug-likeness (QED) is 0.750. The number of benzene rings is 2. The zero-order valence-electron chi connectivity index (χ0n) is 10.3. The Labute approximate surface area is 106 Å². The van der Waals surface area contributed by atoms with E-state index in [2.05, 4.69) is 0 Å². The monoisotopic (exact) mass is 242 g/mol. The molecule has 0 spiro atoms. The van der Waals surface area contributed by atoms with Gasteiger partial charge in [-0.1, -0.05) is 48.5 Å². The van der Waals surface area contributed by atoms with E-state index in [1.54, 1.807) is 25.1 Å². The molecule has 0 aromatic heterocycles. The Morgan fingerprint density at radius 2 is 1.67 bits per heavy atom. The molecule has 0 bridgehead atoms. The van der Waals surface area contributed by atoms with E-state index in [9.17, 15) is 9.18 Å². The van der Waals surface area contributed by atoms with Crippen molar-refractivity contribution in [2.75, 3.05) is 0 Å². The summed E-state index contributed by atoms with van der Waals surface area (Å²) < 4.78 is 13.8. The predicted octanol–water partition coefficient (Wildman–Crippen LogP) is 3.53. The van der Waals surface area contributed by atoms with Gasteiger partial charge in [0.2, 0.25) is 0 Å². The van der Waals surface area contributed by atoms with Crippen LogP contribution in [0.25, 0.3) is 0 Å². The zero-order valence-corrected chi connectivity index (χ0v) is 10.3. The fraction of sp³-hybridized carbons (Fsp3) is 0.188. The second-order valence-electron chi connectivity index (χ2n) is 4.68. The molecule has 1 atom stereocenters. The van der Waals surface area contributed by atoms with Gasteiger partial charge in [0.05, 0.1) is 5.41 Å². The number of hydrogen-bond donors (Lipinski definition) is 0. The Bertz CT molecular complexity index is 536. The summed E-state index contributed by atoms with van der Waals surface area (Å²) in [6.45, 7) is 1.77. The minimum atomic E-state index is -0.827. The summed E-state index contributed by atoms with van der Waals surface area (Å²) in [5.41, 5.74) is 0.645. The Balaban J connectivity index is 2.37. The van der Waals surface area contributed by atoms with Crippen LogP contribution >= 0.6 is 0 Å². The second-order valence-corrected chi connectivity index (χ2v) is 4.68. The summed E-state index contributed by atoms with van der Waals surface area (Å²) in [6, 6.07) is 16.1. The zero-order chi connectivity index (χ0) is 13.0. The SMILES string of the molecule is CC(C=O)(Cc1ccccc1)c1ccccc1F. The van der Waals surface area contributed by atoms with E-state index in [0.717, 1.165) is 11.8 Å². The van der Waals surface area contributed by atoms with E-state index >= 15 is 0 Å². The van der Waals surface area contributed by atoms with Crippen LogP contribution in [-0.2, 0) is 16.6 Å². The maximum absolute atomic E-state index is 13.8. The normalized spacial score (nSPS) is 13.9. The van der Waals surface area contributed by atoms with Crippen LogP contribution in [0.3, 0.4) is 0 Å². The molecule has 0 aliphatic carbocycles. The molecule has 0 fully saturated rings. The van der Waals surface area contributed by atoms with Gasteiger partial charge in [0.1, 0.15) is 12.1 Å². The molecule has 1 unspecified atom stereocenters. The van der Waals surface area contributed by atoms with Crippen molar-refractivity contribution < 1.29 is 9.18 Å². The number of carbonyl (C=O) groups excluding carboxylic acids is 1. The van der Waals surface area contributed by atoms with E-state index in [-0.39, 0.29) is 5.82 Å². The predicted molar refractivity (Wildman–Crippen MR) is 70.0 cm³/mol. The summed E-state index contributed by atoms with van der Waals surface area (Å²) >= 11 is 0. The van der Waals surface area contributed by atoms with Crippen molar-refractivity contribution in [2.45, 2.75) is 18.8 Å². The van der Waals surface area contributed by atoms with Gasteiger partial charge in [0.25, 0.3) is 0 Å². The molecule has 0 N–H and O–H groups in total. The third kappa shape index (κ3) is 2.48. The molecule has 2 heteroatoms. The molecular weight excluding hydrogens is 227 g/mol. The van der Waals surface area contributed by atoms with Gasteiger partial charge >= 0.3 is 0 Å². The van der Waals surface area contributed by atoms with Crippen molar-refractivity contribution in [3.63, 3.8) is 0 Å². The number of hydrogen-bond acceptors (Lipinski definition) is 1. The van der Waals surface area contributed by atoms with E-state index in [1.165, 1.54) is 6.07 Å². The van der Waals surface area contributed by atoms with Crippen LogP contribution in [0.1, 0.15) is 18.1 Å². The molecule has 0 saturated carbocycles. The first-order valence-corrected chi connectivity index (χ1v) is 5.91. The van der Waals surface area contributed by atoms with Crippen molar-refractivity contribution in [3.05, 3.63) is 71.5 Å². The topological polar surface area (TPSA) is 17.1 Å². The lowest BCUT2D eigenvalue weighted by Crippen LogP contribution is -2.28. The van der Waals surface area contributed by atoms with Gasteiger partial charge < -0.3 is 4.79 Å². The summed E-state index contributed by atoms with van der Waals surface area (Å²) in [5, 5.41) is 0. The molecule has 2 aromatic rings. The maximum Gasteiger partial charge on any atom is 0.130 e. The lowest BCUT2D eigenvalue weighted by Gasteiger charge is -2.24. The molecule has 18 heavy (non-hydrogen) atoms. The number of aldehydes is 1. The smallest absolute Gasteiger partial charge is 0.130 e. The average molecular weight is 242 g/mol. The second kappa shape index (κ2) is 5.13. The summed E-state index contributed by atoms with van der Waals surface area (Å²) in [6.07, 6.45) is 1.33. The highest BCUT2D eigenvalue weighted by Gasteiger charge is 2.29. The number of halogens is 1. The van der Waals surface area contributed by atoms with Crippen LogP contribution < -0.4 is 0 Å². The van der Waals surface area contributed by atoms with E-state index in [1.807, 2.05) is 30.3 Å². The van der Waals surface area contributed by atoms with E-state index in [0.29, 0.717) is 12.0 Å². The fourth-order valence-electron chi connectivity index (χ4n) is 2.14. The minimum absolute atomic E-state index is 0.331. The Morgan fingerprint density at radius 1 is 1.06 bits per heavy atom. The molecule has 0 amide bonds. The van der Waals surface area contributed by atoms with Crippen molar-refractivity contribution in [1.29, 1.82) is 0 Å². The van der Waals surface area contributed by atoms with Gasteiger partial charge in [-0.3, -0.25) is 0 Å². The van der Waals surface area contributed by atoms with Crippen LogP contribution in [0, 0.1) is 5.82 Å². The van der Waals surface area contributed by atoms with Gasteiger partial charge in [0, 0.05) is 5.56 Å². The van der Waals surface area contributed by atoms with Gasteiger partial charge in [0.15, 0.2) is 0 Å². The molecule has 1 nitrogen and oxygen atoms in total. The summed E-state index contributed by atoms with van der Waals surface area (Å²) in [4.78, 5) is 11.4. The highest BCUT2D eigenvalue weighted by Crippen LogP contribution is 2.28. The molecule has 0 radical (unpaired) electrons. The molecular formula is C16H15FO. The lowest BCUT2D eigenvalue weighted by atomic mass is 9.78. The van der Waals surface area contributed by atoms with Crippen LogP contribution in [0.15, 0.2) is 54.6 Å².